The third kappa shape index (κ3) is 3.86. The van der Waals surface area contributed by atoms with Gasteiger partial charge in [0.25, 0.3) is 0 Å². The molecule has 0 aliphatic heterocycles. The minimum Gasteiger partial charge on any atom is -0.493 e. The molecular weight excluding hydrogens is 260 g/mol. The van der Waals surface area contributed by atoms with Crippen molar-refractivity contribution in [2.24, 2.45) is 0 Å². The van der Waals surface area contributed by atoms with Gasteiger partial charge in [0.2, 0.25) is 0 Å². The summed E-state index contributed by atoms with van der Waals surface area (Å²) in [6.07, 6.45) is 1.92. The van der Waals surface area contributed by atoms with Crippen molar-refractivity contribution in [3.8, 4) is 11.5 Å². The number of benzene rings is 1. The summed E-state index contributed by atoms with van der Waals surface area (Å²) in [7, 11) is 1.65. The Hall–Kier alpha value is -1.75. The van der Waals surface area contributed by atoms with Crippen molar-refractivity contribution >= 4 is 16.5 Å². The summed E-state index contributed by atoms with van der Waals surface area (Å²) >= 11 is 1.59. The number of aromatic nitrogens is 1. The average Bonchev–Trinajstić information content (AvgIpc) is 2.90. The van der Waals surface area contributed by atoms with Gasteiger partial charge < -0.3 is 14.8 Å². The van der Waals surface area contributed by atoms with E-state index in [2.05, 4.69) is 10.3 Å². The molecule has 0 saturated carbocycles. The van der Waals surface area contributed by atoms with Crippen molar-refractivity contribution in [1.29, 1.82) is 0 Å². The van der Waals surface area contributed by atoms with Gasteiger partial charge in [0, 0.05) is 18.1 Å². The summed E-state index contributed by atoms with van der Waals surface area (Å²) in [6, 6.07) is 5.96. The Kier molecular flexibility index (Phi) is 4.63. The summed E-state index contributed by atoms with van der Waals surface area (Å²) in [6.45, 7) is 4.71. The molecule has 0 spiro atoms. The van der Waals surface area contributed by atoms with Crippen molar-refractivity contribution in [1.82, 2.24) is 4.98 Å². The number of anilines is 1. The second kappa shape index (κ2) is 6.43. The van der Waals surface area contributed by atoms with Gasteiger partial charge in [-0.05, 0) is 31.5 Å². The van der Waals surface area contributed by atoms with Gasteiger partial charge in [-0.3, -0.25) is 0 Å². The largest absolute Gasteiger partial charge is 0.493 e. The van der Waals surface area contributed by atoms with Crippen molar-refractivity contribution in [3.63, 3.8) is 0 Å². The number of rotatable bonds is 6. The number of methoxy groups -OCH3 is 1. The molecule has 1 N–H and O–H groups in total. The zero-order valence-corrected chi connectivity index (χ0v) is 12.2. The van der Waals surface area contributed by atoms with Gasteiger partial charge in [0.15, 0.2) is 16.6 Å². The van der Waals surface area contributed by atoms with Gasteiger partial charge in [-0.25, -0.2) is 4.98 Å². The van der Waals surface area contributed by atoms with Gasteiger partial charge in [-0.1, -0.05) is 6.07 Å². The molecule has 0 amide bonds. The van der Waals surface area contributed by atoms with Gasteiger partial charge in [0.1, 0.15) is 0 Å². The highest BCUT2D eigenvalue weighted by atomic mass is 32.1. The van der Waals surface area contributed by atoms with Gasteiger partial charge >= 0.3 is 0 Å². The van der Waals surface area contributed by atoms with Crippen LogP contribution in [0.3, 0.4) is 0 Å². The van der Waals surface area contributed by atoms with Crippen LogP contribution in [0.5, 0.6) is 11.5 Å². The van der Waals surface area contributed by atoms with E-state index in [0.717, 1.165) is 22.2 Å². The highest BCUT2D eigenvalue weighted by molar-refractivity contribution is 7.13. The van der Waals surface area contributed by atoms with E-state index in [1.54, 1.807) is 24.6 Å². The molecule has 0 atom stereocenters. The number of thiazole rings is 1. The molecule has 2 aromatic rings. The molecule has 0 aliphatic carbocycles. The minimum absolute atomic E-state index is 0.133. The summed E-state index contributed by atoms with van der Waals surface area (Å²) < 4.78 is 11.0. The third-order valence-corrected chi connectivity index (χ3v) is 3.20. The number of nitrogens with one attached hydrogen (secondary N) is 1. The summed E-state index contributed by atoms with van der Waals surface area (Å²) in [4.78, 5) is 4.18. The number of nitrogens with zero attached hydrogens (tertiary/aromatic N) is 1. The summed E-state index contributed by atoms with van der Waals surface area (Å²) in [5.74, 6) is 1.53. The van der Waals surface area contributed by atoms with Crippen LogP contribution >= 0.6 is 11.3 Å². The fourth-order valence-electron chi connectivity index (χ4n) is 1.66. The maximum Gasteiger partial charge on any atom is 0.182 e. The highest BCUT2D eigenvalue weighted by Crippen LogP contribution is 2.29. The zero-order chi connectivity index (χ0) is 13.7. The van der Waals surface area contributed by atoms with Crippen LogP contribution in [0.15, 0.2) is 29.8 Å². The van der Waals surface area contributed by atoms with E-state index in [1.165, 1.54) is 0 Å². The van der Waals surface area contributed by atoms with E-state index in [-0.39, 0.29) is 6.10 Å². The molecule has 102 valence electrons. The number of hydrogen-bond donors (Lipinski definition) is 1. The summed E-state index contributed by atoms with van der Waals surface area (Å²) in [5.41, 5.74) is 1.13. The van der Waals surface area contributed by atoms with Crippen molar-refractivity contribution in [2.75, 3.05) is 12.4 Å². The van der Waals surface area contributed by atoms with Crippen LogP contribution in [0.1, 0.15) is 19.4 Å². The highest BCUT2D eigenvalue weighted by Gasteiger charge is 2.07. The predicted molar refractivity (Wildman–Crippen MR) is 78.2 cm³/mol. The number of ether oxygens (including phenoxy) is 2. The Morgan fingerprint density at radius 2 is 2.16 bits per heavy atom. The molecule has 0 bridgehead atoms. The van der Waals surface area contributed by atoms with Crippen molar-refractivity contribution in [2.45, 2.75) is 26.5 Å². The monoisotopic (exact) mass is 278 g/mol. The predicted octanol–water partition coefficient (Wildman–Crippen LogP) is 3.55. The van der Waals surface area contributed by atoms with E-state index in [9.17, 15) is 0 Å². The maximum atomic E-state index is 5.69. The molecule has 5 heteroatoms. The second-order valence-corrected chi connectivity index (χ2v) is 5.24. The topological polar surface area (TPSA) is 43.4 Å². The molecule has 2 rings (SSSR count). The van der Waals surface area contributed by atoms with Crippen LogP contribution in [-0.4, -0.2) is 18.2 Å². The first kappa shape index (κ1) is 13.7. The van der Waals surface area contributed by atoms with Crippen molar-refractivity contribution < 1.29 is 9.47 Å². The van der Waals surface area contributed by atoms with Gasteiger partial charge in [0.05, 0.1) is 13.2 Å². The Morgan fingerprint density at radius 1 is 1.32 bits per heavy atom. The average molecular weight is 278 g/mol. The third-order valence-electron chi connectivity index (χ3n) is 2.47. The molecule has 0 saturated heterocycles. The first-order valence-corrected chi connectivity index (χ1v) is 7.04. The lowest BCUT2D eigenvalue weighted by atomic mass is 10.2. The molecule has 1 aromatic heterocycles. The molecule has 0 fully saturated rings. The Morgan fingerprint density at radius 3 is 2.79 bits per heavy atom. The lowest BCUT2D eigenvalue weighted by Crippen LogP contribution is -2.07. The van der Waals surface area contributed by atoms with E-state index < -0.39 is 0 Å². The van der Waals surface area contributed by atoms with E-state index in [4.69, 9.17) is 9.47 Å². The molecule has 0 radical (unpaired) electrons. The Balaban J connectivity index is 2.05. The van der Waals surface area contributed by atoms with E-state index in [0.29, 0.717) is 6.54 Å². The molecular formula is C14H18N2O2S. The molecule has 0 unspecified atom stereocenters. The second-order valence-electron chi connectivity index (χ2n) is 4.34. The summed E-state index contributed by atoms with van der Waals surface area (Å²) in [5, 5.41) is 6.13. The molecule has 1 aromatic carbocycles. The Labute approximate surface area is 117 Å². The van der Waals surface area contributed by atoms with E-state index >= 15 is 0 Å². The van der Waals surface area contributed by atoms with Crippen LogP contribution in [0.2, 0.25) is 0 Å². The minimum atomic E-state index is 0.133. The maximum absolute atomic E-state index is 5.69. The van der Waals surface area contributed by atoms with Crippen LogP contribution < -0.4 is 14.8 Å². The van der Waals surface area contributed by atoms with Gasteiger partial charge in [-0.15, -0.1) is 11.3 Å². The van der Waals surface area contributed by atoms with Crippen molar-refractivity contribution in [3.05, 3.63) is 35.3 Å². The van der Waals surface area contributed by atoms with Crippen LogP contribution in [0, 0.1) is 0 Å². The van der Waals surface area contributed by atoms with Crippen LogP contribution in [0.4, 0.5) is 5.13 Å². The Bertz CT molecular complexity index is 512. The fourth-order valence-corrected chi connectivity index (χ4v) is 2.19. The molecule has 1 heterocycles. The lowest BCUT2D eigenvalue weighted by molar-refractivity contribution is 0.230. The standard InChI is InChI=1S/C14H18N2O2S/c1-10(2)18-12-5-4-11(8-13(12)17-3)9-16-14-15-6-7-19-14/h4-8,10H,9H2,1-3H3,(H,15,16). The molecule has 4 nitrogen and oxygen atoms in total. The van der Waals surface area contributed by atoms with Gasteiger partial charge in [-0.2, -0.15) is 0 Å². The van der Waals surface area contributed by atoms with Crippen LogP contribution in [-0.2, 0) is 6.54 Å². The first-order chi connectivity index (χ1) is 9.19. The lowest BCUT2D eigenvalue weighted by Gasteiger charge is -2.14. The fraction of sp³-hybridized carbons (Fsp3) is 0.357. The van der Waals surface area contributed by atoms with E-state index in [1.807, 2.05) is 37.4 Å². The quantitative estimate of drug-likeness (QED) is 0.877. The van der Waals surface area contributed by atoms with Crippen LogP contribution in [0.25, 0.3) is 0 Å². The normalized spacial score (nSPS) is 10.5. The molecule has 0 aliphatic rings. The zero-order valence-electron chi connectivity index (χ0n) is 11.3. The SMILES string of the molecule is COc1cc(CNc2nccs2)ccc1OC(C)C. The molecule has 19 heavy (non-hydrogen) atoms. The number of hydrogen-bond acceptors (Lipinski definition) is 5. The first-order valence-electron chi connectivity index (χ1n) is 6.16. The smallest absolute Gasteiger partial charge is 0.182 e.